The fraction of sp³-hybridized carbons (Fsp3) is 0.615. The molecule has 3 nitrogen and oxygen atoms in total. The largest absolute Gasteiger partial charge is 0.489 e. The molecule has 0 N–H and O–H groups in total. The predicted octanol–water partition coefficient (Wildman–Crippen LogP) is 3.32. The van der Waals surface area contributed by atoms with E-state index in [1.165, 1.54) is 0 Å². The van der Waals surface area contributed by atoms with Crippen LogP contribution in [0.1, 0.15) is 32.2 Å². The topological polar surface area (TPSA) is 31.4 Å². The minimum Gasteiger partial charge on any atom is -0.489 e. The first-order valence-corrected chi connectivity index (χ1v) is 6.25. The van der Waals surface area contributed by atoms with Crippen LogP contribution in [0.4, 0.5) is 0 Å². The molecule has 0 unspecified atom stereocenters. The van der Waals surface area contributed by atoms with E-state index >= 15 is 0 Å². The molecule has 0 fully saturated rings. The summed E-state index contributed by atoms with van der Waals surface area (Å²) in [5.41, 5.74) is 1.59. The molecule has 4 heteroatoms. The van der Waals surface area contributed by atoms with Crippen molar-refractivity contribution in [3.8, 4) is 5.75 Å². The van der Waals surface area contributed by atoms with Crippen LogP contribution in [-0.2, 0) is 10.6 Å². The number of hydrogen-bond acceptors (Lipinski definition) is 3. The van der Waals surface area contributed by atoms with Crippen molar-refractivity contribution in [2.24, 2.45) is 0 Å². The van der Waals surface area contributed by atoms with Gasteiger partial charge in [0, 0.05) is 5.69 Å². The van der Waals surface area contributed by atoms with Crippen LogP contribution >= 0.6 is 11.6 Å². The van der Waals surface area contributed by atoms with E-state index in [0.29, 0.717) is 19.1 Å². The zero-order chi connectivity index (χ0) is 12.9. The van der Waals surface area contributed by atoms with Crippen molar-refractivity contribution in [2.75, 3.05) is 13.2 Å². The van der Waals surface area contributed by atoms with Crippen LogP contribution in [0.5, 0.6) is 5.75 Å². The summed E-state index contributed by atoms with van der Waals surface area (Å²) in [5, 5.41) is 0. The molecule has 0 amide bonds. The van der Waals surface area contributed by atoms with Gasteiger partial charge in [-0.05, 0) is 39.8 Å². The lowest BCUT2D eigenvalue weighted by molar-refractivity contribution is -0.0164. The number of hydrogen-bond donors (Lipinski definition) is 0. The Bertz CT molecular complexity index is 361. The van der Waals surface area contributed by atoms with E-state index in [2.05, 4.69) is 4.98 Å². The number of rotatable bonds is 5. The van der Waals surface area contributed by atoms with Crippen molar-refractivity contribution in [2.45, 2.75) is 39.2 Å². The standard InChI is InChI=1S/C13H20ClNO2/c1-10-5-6-12(11(9-14)15-10)16-7-8-17-13(2,3)4/h5-6H,7-9H2,1-4H3. The summed E-state index contributed by atoms with van der Waals surface area (Å²) in [4.78, 5) is 4.32. The third-order valence-corrected chi connectivity index (χ3v) is 2.33. The average molecular weight is 258 g/mol. The number of aryl methyl sites for hydroxylation is 1. The first-order valence-electron chi connectivity index (χ1n) is 5.71. The van der Waals surface area contributed by atoms with Gasteiger partial charge in [0.15, 0.2) is 0 Å². The summed E-state index contributed by atoms with van der Waals surface area (Å²) >= 11 is 5.82. The Morgan fingerprint density at radius 3 is 2.53 bits per heavy atom. The van der Waals surface area contributed by atoms with E-state index in [1.807, 2.05) is 39.8 Å². The van der Waals surface area contributed by atoms with Crippen molar-refractivity contribution in [3.63, 3.8) is 0 Å². The molecule has 0 radical (unpaired) electrons. The van der Waals surface area contributed by atoms with Crippen LogP contribution in [0.2, 0.25) is 0 Å². The second-order valence-corrected chi connectivity index (χ2v) is 5.11. The van der Waals surface area contributed by atoms with Gasteiger partial charge >= 0.3 is 0 Å². The second-order valence-electron chi connectivity index (χ2n) is 4.84. The fourth-order valence-electron chi connectivity index (χ4n) is 1.32. The van der Waals surface area contributed by atoms with Gasteiger partial charge in [0.25, 0.3) is 0 Å². The predicted molar refractivity (Wildman–Crippen MR) is 69.7 cm³/mol. The lowest BCUT2D eigenvalue weighted by Crippen LogP contribution is -2.22. The fourth-order valence-corrected chi connectivity index (χ4v) is 1.52. The number of pyridine rings is 1. The summed E-state index contributed by atoms with van der Waals surface area (Å²) in [6.07, 6.45) is 0. The van der Waals surface area contributed by atoms with Crippen LogP contribution in [0, 0.1) is 6.92 Å². The third-order valence-electron chi connectivity index (χ3n) is 2.07. The Morgan fingerprint density at radius 2 is 1.94 bits per heavy atom. The van der Waals surface area contributed by atoms with E-state index in [-0.39, 0.29) is 5.60 Å². The van der Waals surface area contributed by atoms with Crippen LogP contribution < -0.4 is 4.74 Å². The summed E-state index contributed by atoms with van der Waals surface area (Å²) < 4.78 is 11.2. The molecule has 0 saturated heterocycles. The number of alkyl halides is 1. The van der Waals surface area contributed by atoms with Crippen molar-refractivity contribution in [1.29, 1.82) is 0 Å². The van der Waals surface area contributed by atoms with Gasteiger partial charge in [-0.15, -0.1) is 11.6 Å². The van der Waals surface area contributed by atoms with E-state index in [4.69, 9.17) is 21.1 Å². The zero-order valence-electron chi connectivity index (χ0n) is 10.9. The number of halogens is 1. The highest BCUT2D eigenvalue weighted by atomic mass is 35.5. The highest BCUT2D eigenvalue weighted by Crippen LogP contribution is 2.18. The quantitative estimate of drug-likeness (QED) is 0.599. The van der Waals surface area contributed by atoms with Gasteiger partial charge in [-0.3, -0.25) is 4.98 Å². The molecule has 0 spiro atoms. The van der Waals surface area contributed by atoms with Crippen LogP contribution in [0.15, 0.2) is 12.1 Å². The van der Waals surface area contributed by atoms with Gasteiger partial charge in [0.1, 0.15) is 12.4 Å². The van der Waals surface area contributed by atoms with Crippen molar-refractivity contribution < 1.29 is 9.47 Å². The summed E-state index contributed by atoms with van der Waals surface area (Å²) in [6.45, 7) is 9.05. The van der Waals surface area contributed by atoms with Gasteiger partial charge < -0.3 is 9.47 Å². The van der Waals surface area contributed by atoms with E-state index in [9.17, 15) is 0 Å². The monoisotopic (exact) mass is 257 g/mol. The molecule has 1 aromatic rings. The molecule has 0 saturated carbocycles. The molecule has 0 aromatic carbocycles. The summed E-state index contributed by atoms with van der Waals surface area (Å²) in [7, 11) is 0. The number of nitrogens with zero attached hydrogens (tertiary/aromatic N) is 1. The third kappa shape index (κ3) is 5.37. The Balaban J connectivity index is 2.46. The maximum atomic E-state index is 5.82. The first kappa shape index (κ1) is 14.3. The minimum atomic E-state index is -0.135. The molecular weight excluding hydrogens is 238 g/mol. The van der Waals surface area contributed by atoms with E-state index in [0.717, 1.165) is 17.1 Å². The van der Waals surface area contributed by atoms with Gasteiger partial charge in [0.2, 0.25) is 0 Å². The maximum absolute atomic E-state index is 5.82. The maximum Gasteiger partial charge on any atom is 0.142 e. The van der Waals surface area contributed by atoms with E-state index < -0.39 is 0 Å². The molecule has 0 aliphatic heterocycles. The highest BCUT2D eigenvalue weighted by Gasteiger charge is 2.10. The van der Waals surface area contributed by atoms with E-state index in [1.54, 1.807) is 0 Å². The normalized spacial score (nSPS) is 11.6. The van der Waals surface area contributed by atoms with Crippen LogP contribution in [0.3, 0.4) is 0 Å². The average Bonchev–Trinajstić information content (AvgIpc) is 2.24. The molecular formula is C13H20ClNO2. The summed E-state index contributed by atoms with van der Waals surface area (Å²) in [6, 6.07) is 3.81. The van der Waals surface area contributed by atoms with Gasteiger partial charge in [-0.1, -0.05) is 0 Å². The Morgan fingerprint density at radius 1 is 1.24 bits per heavy atom. The number of ether oxygens (including phenoxy) is 2. The Hall–Kier alpha value is -0.800. The molecule has 17 heavy (non-hydrogen) atoms. The zero-order valence-corrected chi connectivity index (χ0v) is 11.7. The lowest BCUT2D eigenvalue weighted by Gasteiger charge is -2.19. The van der Waals surface area contributed by atoms with Crippen molar-refractivity contribution in [3.05, 3.63) is 23.5 Å². The molecule has 96 valence electrons. The Kier molecular flexibility index (Phi) is 5.22. The van der Waals surface area contributed by atoms with Gasteiger partial charge in [0.05, 0.1) is 23.8 Å². The molecule has 0 aliphatic rings. The molecule has 0 atom stereocenters. The second kappa shape index (κ2) is 6.22. The minimum absolute atomic E-state index is 0.135. The molecule has 1 heterocycles. The smallest absolute Gasteiger partial charge is 0.142 e. The SMILES string of the molecule is Cc1ccc(OCCOC(C)(C)C)c(CCl)n1. The molecule has 0 aliphatic carbocycles. The van der Waals surface area contributed by atoms with Crippen LogP contribution in [-0.4, -0.2) is 23.8 Å². The molecule has 1 aromatic heterocycles. The lowest BCUT2D eigenvalue weighted by atomic mass is 10.2. The summed E-state index contributed by atoms with van der Waals surface area (Å²) in [5.74, 6) is 1.10. The van der Waals surface area contributed by atoms with Crippen molar-refractivity contribution in [1.82, 2.24) is 4.98 Å². The van der Waals surface area contributed by atoms with Crippen molar-refractivity contribution >= 4 is 11.6 Å². The molecule has 0 bridgehead atoms. The molecule has 1 rings (SSSR count). The number of aromatic nitrogens is 1. The highest BCUT2D eigenvalue weighted by molar-refractivity contribution is 6.17. The van der Waals surface area contributed by atoms with Gasteiger partial charge in [-0.2, -0.15) is 0 Å². The van der Waals surface area contributed by atoms with Crippen LogP contribution in [0.25, 0.3) is 0 Å². The Labute approximate surface area is 108 Å². The first-order chi connectivity index (χ1) is 7.92. The van der Waals surface area contributed by atoms with Gasteiger partial charge in [-0.25, -0.2) is 0 Å².